The molecule has 3 N–H and O–H groups in total. The van der Waals surface area contributed by atoms with E-state index in [1.165, 1.54) is 40.5 Å². The summed E-state index contributed by atoms with van der Waals surface area (Å²) in [5.74, 6) is -3.52. The fraction of sp³-hybridized carbons (Fsp3) is 0.126. The normalized spacial score (nSPS) is 13.7. The van der Waals surface area contributed by atoms with Crippen molar-refractivity contribution in [3.8, 4) is 5.75 Å². The number of aryl methyl sites for hydroxylation is 1. The summed E-state index contributed by atoms with van der Waals surface area (Å²) in [6, 6.07) is 63.0. The standard InChI is InChI=1S/C30H24ClNO3.C29H24Cl2O2.C28H22F2O2/c1-4-23(25-15-14-22(35-3)18-27(25)32-2)29(20-12-9-19(10-13-20)11-16-28(33)34)26-17-21-7-5-6-8-24(21)30(26)31;1-3-23(24-14-13-22(30)16-18(24)2)28(20-11-8-19(9-12-20)10-15-27(32)33)26-17-21-6-4-5-7-25(21)29(26)31;1-2-24(25-13-12-23(29)17-26(25)30)28(22-15-20-5-3-4-6-21(20)16-22)19-10-7-18(8-11-19)9-14-27(31)32/h5-16,18H,4,17H2,1,3H3,(H,33,34);4-16H,3,17H2,1-2H3,(H,32,33);3-15,17H,2,16H2,1H3,(H,31,32)/b16-11+,29-23+;15-10+,28-23+;14-9+,28-24+. The highest BCUT2D eigenvalue weighted by atomic mass is 35.5. The van der Waals surface area contributed by atoms with Crippen LogP contribution in [0.5, 0.6) is 5.75 Å². The van der Waals surface area contributed by atoms with Gasteiger partial charge in [-0.3, -0.25) is 0 Å². The molecule has 0 saturated heterocycles. The summed E-state index contributed by atoms with van der Waals surface area (Å²) in [7, 11) is 1.59. The van der Waals surface area contributed by atoms with Crippen molar-refractivity contribution < 1.29 is 43.2 Å². The maximum absolute atomic E-state index is 14.8. The number of ether oxygens (including phenoxy) is 1. The molecule has 0 bridgehead atoms. The third-order valence-corrected chi connectivity index (χ3v) is 18.8. The minimum atomic E-state index is -1.01. The van der Waals surface area contributed by atoms with Gasteiger partial charge in [0.15, 0.2) is 5.69 Å². The number of rotatable bonds is 19. The van der Waals surface area contributed by atoms with Gasteiger partial charge in [-0.25, -0.2) is 28.0 Å². The largest absolute Gasteiger partial charge is 0.498 e. The molecule has 9 aromatic rings. The summed E-state index contributed by atoms with van der Waals surface area (Å²) < 4.78 is 33.7. The minimum Gasteiger partial charge on any atom is -0.498 e. The van der Waals surface area contributed by atoms with Gasteiger partial charge in [-0.05, 0) is 221 Å². The van der Waals surface area contributed by atoms with E-state index >= 15 is 0 Å². The predicted molar refractivity (Wildman–Crippen MR) is 406 cm³/mol. The second-order valence-corrected chi connectivity index (χ2v) is 25.1. The molecule has 13 heteroatoms. The van der Waals surface area contributed by atoms with Crippen molar-refractivity contribution >= 4 is 126 Å². The minimum absolute atomic E-state index is 0.385. The third-order valence-electron chi connectivity index (χ3n) is 17.7. The van der Waals surface area contributed by atoms with Crippen LogP contribution in [0.2, 0.25) is 5.02 Å². The Morgan fingerprint density at radius 3 is 1.36 bits per heavy atom. The van der Waals surface area contributed by atoms with E-state index < -0.39 is 29.5 Å². The van der Waals surface area contributed by atoms with Gasteiger partial charge in [-0.15, -0.1) is 0 Å². The van der Waals surface area contributed by atoms with E-state index in [0.717, 1.165) is 160 Å². The van der Waals surface area contributed by atoms with Crippen LogP contribution in [-0.2, 0) is 33.6 Å². The predicted octanol–water partition coefficient (Wildman–Crippen LogP) is 23.2. The lowest BCUT2D eigenvalue weighted by Crippen LogP contribution is -1.99. The van der Waals surface area contributed by atoms with Gasteiger partial charge in [0.2, 0.25) is 0 Å². The first-order valence-electron chi connectivity index (χ1n) is 32.6. The average Bonchev–Trinajstić information content (AvgIpc) is 1.57. The Hall–Kier alpha value is -10.9. The van der Waals surface area contributed by atoms with Gasteiger partial charge in [0.05, 0.1) is 23.7 Å². The smallest absolute Gasteiger partial charge is 0.328 e. The Morgan fingerprint density at radius 1 is 0.500 bits per heavy atom. The molecule has 0 fully saturated rings. The molecule has 0 unspecified atom stereocenters. The number of hydrogen-bond acceptors (Lipinski definition) is 4. The number of carbonyl (C=O) groups is 3. The number of hydrogen-bond donors (Lipinski definition) is 3. The zero-order valence-electron chi connectivity index (χ0n) is 55.6. The lowest BCUT2D eigenvalue weighted by Gasteiger charge is -2.19. The molecule has 3 aliphatic rings. The first-order chi connectivity index (χ1) is 48.3. The van der Waals surface area contributed by atoms with E-state index in [0.29, 0.717) is 46.3 Å². The Balaban J connectivity index is 0.000000162. The molecule has 500 valence electrons. The SMILES string of the molecule is CC/C(=C(\C1=C(Cl)c2ccccc2C1)c1ccc(/C=C/C(=O)O)cc1)c1ccc(Cl)cc1C.CC/C(=C(\C1=Cc2ccccc2C1)c1ccc(/C=C/C(=O)O)cc1)c1ccc(F)cc1F.[C-]#[N+]c1cc(OC)ccc1/C(CC)=C(/C1=C(Cl)c2ccccc2C1)c1ccc(/C=C/C(=O)O)cc1. The Bertz CT molecular complexity index is 5000. The van der Waals surface area contributed by atoms with Crippen LogP contribution >= 0.6 is 34.8 Å². The monoisotopic (exact) mass is 1380 g/mol. The van der Waals surface area contributed by atoms with Gasteiger partial charge in [-0.2, -0.15) is 0 Å². The van der Waals surface area contributed by atoms with Crippen molar-refractivity contribution in [2.24, 2.45) is 0 Å². The van der Waals surface area contributed by atoms with Crippen molar-refractivity contribution in [1.29, 1.82) is 0 Å². The van der Waals surface area contributed by atoms with Gasteiger partial charge in [-0.1, -0.05) is 219 Å². The maximum atomic E-state index is 14.8. The number of nitrogens with zero attached hydrogens (tertiary/aromatic N) is 1. The summed E-state index contributed by atoms with van der Waals surface area (Å²) in [6.07, 6.45) is 14.4. The first-order valence-corrected chi connectivity index (χ1v) is 33.7. The van der Waals surface area contributed by atoms with E-state index in [9.17, 15) is 23.2 Å². The van der Waals surface area contributed by atoms with Crippen molar-refractivity contribution in [3.05, 3.63) is 352 Å². The van der Waals surface area contributed by atoms with E-state index in [2.05, 4.69) is 68.1 Å². The molecule has 100 heavy (non-hydrogen) atoms. The molecule has 0 spiro atoms. The molecule has 3 aliphatic carbocycles. The number of carboxylic acids is 3. The number of fused-ring (bicyclic) bond motifs is 3. The van der Waals surface area contributed by atoms with Crippen LogP contribution in [-0.4, -0.2) is 40.3 Å². The molecule has 0 aliphatic heterocycles. The summed E-state index contributed by atoms with van der Waals surface area (Å²) in [5.41, 5.74) is 25.4. The molecule has 8 nitrogen and oxygen atoms in total. The molecule has 0 atom stereocenters. The van der Waals surface area contributed by atoms with Gasteiger partial charge in [0.25, 0.3) is 0 Å². The van der Waals surface area contributed by atoms with Crippen LogP contribution < -0.4 is 4.74 Å². The molecule has 9 aromatic carbocycles. The first kappa shape index (κ1) is 71.8. The fourth-order valence-corrected chi connectivity index (χ4v) is 14.0. The van der Waals surface area contributed by atoms with Crippen LogP contribution in [0.4, 0.5) is 14.5 Å². The van der Waals surface area contributed by atoms with Crippen LogP contribution in [0.25, 0.3) is 72.7 Å². The summed E-state index contributed by atoms with van der Waals surface area (Å²) in [4.78, 5) is 36.4. The second kappa shape index (κ2) is 33.1. The Morgan fingerprint density at radius 2 is 0.930 bits per heavy atom. The van der Waals surface area contributed by atoms with E-state index in [1.54, 1.807) is 25.3 Å². The molecule has 0 amide bonds. The highest BCUT2D eigenvalue weighted by Crippen LogP contribution is 2.49. The number of methoxy groups -OCH3 is 1. The van der Waals surface area contributed by atoms with E-state index in [-0.39, 0.29) is 0 Å². The number of aliphatic carboxylic acids is 3. The van der Waals surface area contributed by atoms with Crippen LogP contribution in [0.15, 0.2) is 235 Å². The number of carboxylic acid groups (broad SMARTS) is 3. The maximum Gasteiger partial charge on any atom is 0.328 e. The average molecular weight is 1390 g/mol. The van der Waals surface area contributed by atoms with Crippen molar-refractivity contribution in [2.45, 2.75) is 66.2 Å². The van der Waals surface area contributed by atoms with Gasteiger partial charge in [0, 0.05) is 47.7 Å². The van der Waals surface area contributed by atoms with Crippen LogP contribution in [0, 0.1) is 25.1 Å². The van der Waals surface area contributed by atoms with Crippen molar-refractivity contribution in [3.63, 3.8) is 0 Å². The van der Waals surface area contributed by atoms with E-state index in [1.807, 2.05) is 146 Å². The van der Waals surface area contributed by atoms with Gasteiger partial charge < -0.3 is 20.1 Å². The molecular formula is C87H70Cl3F2NO7. The van der Waals surface area contributed by atoms with Crippen molar-refractivity contribution in [1.82, 2.24) is 0 Å². The zero-order chi connectivity index (χ0) is 71.1. The third kappa shape index (κ3) is 16.8. The summed E-state index contributed by atoms with van der Waals surface area (Å²) in [5, 5.41) is 29.0. The topological polar surface area (TPSA) is 125 Å². The van der Waals surface area contributed by atoms with E-state index in [4.69, 9.17) is 61.4 Å². The Kier molecular flexibility index (Phi) is 23.8. The molecule has 0 aromatic heterocycles. The summed E-state index contributed by atoms with van der Waals surface area (Å²) >= 11 is 20.2. The fourth-order valence-electron chi connectivity index (χ4n) is 13.1. The highest BCUT2D eigenvalue weighted by Gasteiger charge is 2.29. The second-order valence-electron chi connectivity index (χ2n) is 23.9. The van der Waals surface area contributed by atoms with Crippen LogP contribution in [0.1, 0.15) is 129 Å². The molecule has 12 rings (SSSR count). The lowest BCUT2D eigenvalue weighted by molar-refractivity contribution is -0.132. The lowest BCUT2D eigenvalue weighted by atomic mass is 9.85. The number of allylic oxidation sites excluding steroid dienone is 9. The van der Waals surface area contributed by atoms with Crippen molar-refractivity contribution in [2.75, 3.05) is 7.11 Å². The molecule has 0 saturated carbocycles. The quantitative estimate of drug-likeness (QED) is 0.0418. The number of halogens is 5. The molecular weight excluding hydrogens is 1320 g/mol. The molecule has 0 radical (unpaired) electrons. The summed E-state index contributed by atoms with van der Waals surface area (Å²) in [6.45, 7) is 16.1. The zero-order valence-corrected chi connectivity index (χ0v) is 57.9. The van der Waals surface area contributed by atoms with Gasteiger partial charge in [0.1, 0.15) is 17.4 Å². The Labute approximate surface area is 597 Å². The van der Waals surface area contributed by atoms with Crippen LogP contribution in [0.3, 0.4) is 0 Å². The van der Waals surface area contributed by atoms with Gasteiger partial charge >= 0.3 is 17.9 Å². The number of benzene rings is 9. The molecule has 0 heterocycles. The highest BCUT2D eigenvalue weighted by molar-refractivity contribution is 6.52.